The summed E-state index contributed by atoms with van der Waals surface area (Å²) < 4.78 is 10.2. The summed E-state index contributed by atoms with van der Waals surface area (Å²) in [5, 5.41) is 8.56. The van der Waals surface area contributed by atoms with Gasteiger partial charge in [0.25, 0.3) is 0 Å². The van der Waals surface area contributed by atoms with E-state index in [4.69, 9.17) is 20.3 Å². The lowest BCUT2D eigenvalue weighted by molar-refractivity contribution is -0.137. The molecular weight excluding hydrogens is 250 g/mol. The second-order valence-corrected chi connectivity index (χ2v) is 3.97. The Hall–Kier alpha value is -2.08. The molecule has 1 rings (SSSR count). The normalized spacial score (nSPS) is 11.7. The standard InChI is InChI=1S/C13H17NO5/c1-18-10-5-3-8(7-11(10)19-2)13(17)9(14)4-6-12(15)16/h3,5,7,9H,4,6,14H2,1-2H3,(H,15,16). The maximum atomic E-state index is 12.0. The Morgan fingerprint density at radius 2 is 1.89 bits per heavy atom. The van der Waals surface area contributed by atoms with Crippen molar-refractivity contribution in [3.8, 4) is 11.5 Å². The van der Waals surface area contributed by atoms with Gasteiger partial charge in [0.1, 0.15) is 0 Å². The summed E-state index contributed by atoms with van der Waals surface area (Å²) in [6.45, 7) is 0. The minimum absolute atomic E-state index is 0.0997. The Morgan fingerprint density at radius 1 is 1.26 bits per heavy atom. The summed E-state index contributed by atoms with van der Waals surface area (Å²) in [4.78, 5) is 22.5. The second kappa shape index (κ2) is 6.75. The van der Waals surface area contributed by atoms with E-state index in [-0.39, 0.29) is 18.6 Å². The van der Waals surface area contributed by atoms with Gasteiger partial charge in [0.05, 0.1) is 20.3 Å². The molecule has 0 spiro atoms. The maximum Gasteiger partial charge on any atom is 0.303 e. The number of carboxylic acids is 1. The van der Waals surface area contributed by atoms with Crippen LogP contribution in [0.2, 0.25) is 0 Å². The molecular formula is C13H17NO5. The van der Waals surface area contributed by atoms with Crippen LogP contribution in [0, 0.1) is 0 Å². The van der Waals surface area contributed by atoms with Crippen LogP contribution in [0.15, 0.2) is 18.2 Å². The lowest BCUT2D eigenvalue weighted by Gasteiger charge is -2.12. The topological polar surface area (TPSA) is 98.9 Å². The monoisotopic (exact) mass is 267 g/mol. The summed E-state index contributed by atoms with van der Waals surface area (Å²) in [5.74, 6) is -0.352. The van der Waals surface area contributed by atoms with Gasteiger partial charge in [-0.3, -0.25) is 9.59 Å². The highest BCUT2D eigenvalue weighted by atomic mass is 16.5. The first-order chi connectivity index (χ1) is 8.99. The molecule has 0 heterocycles. The second-order valence-electron chi connectivity index (χ2n) is 3.97. The number of carbonyl (C=O) groups is 2. The van der Waals surface area contributed by atoms with Crippen molar-refractivity contribution >= 4 is 11.8 Å². The van der Waals surface area contributed by atoms with Gasteiger partial charge in [-0.05, 0) is 24.6 Å². The predicted molar refractivity (Wildman–Crippen MR) is 68.7 cm³/mol. The first-order valence-corrected chi connectivity index (χ1v) is 5.73. The fourth-order valence-corrected chi connectivity index (χ4v) is 1.61. The molecule has 104 valence electrons. The Balaban J connectivity index is 2.84. The van der Waals surface area contributed by atoms with Crippen LogP contribution in [-0.4, -0.2) is 37.1 Å². The average molecular weight is 267 g/mol. The zero-order chi connectivity index (χ0) is 14.4. The van der Waals surface area contributed by atoms with Gasteiger partial charge in [-0.2, -0.15) is 0 Å². The van der Waals surface area contributed by atoms with Crippen LogP contribution in [0.3, 0.4) is 0 Å². The molecule has 3 N–H and O–H groups in total. The molecule has 19 heavy (non-hydrogen) atoms. The molecule has 0 saturated heterocycles. The van der Waals surface area contributed by atoms with E-state index in [1.807, 2.05) is 0 Å². The maximum absolute atomic E-state index is 12.0. The largest absolute Gasteiger partial charge is 0.493 e. The first kappa shape index (κ1) is 15.0. The highest BCUT2D eigenvalue weighted by Crippen LogP contribution is 2.28. The Kier molecular flexibility index (Phi) is 5.32. The van der Waals surface area contributed by atoms with Gasteiger partial charge in [0.2, 0.25) is 0 Å². The number of aliphatic carboxylic acids is 1. The molecule has 0 saturated carbocycles. The number of hydrogen-bond acceptors (Lipinski definition) is 5. The number of hydrogen-bond donors (Lipinski definition) is 2. The molecule has 1 atom stereocenters. The molecule has 6 nitrogen and oxygen atoms in total. The van der Waals surface area contributed by atoms with Crippen LogP contribution in [-0.2, 0) is 4.79 Å². The Labute approximate surface area is 111 Å². The number of carboxylic acid groups (broad SMARTS) is 1. The van der Waals surface area contributed by atoms with Crippen molar-refractivity contribution in [3.05, 3.63) is 23.8 Å². The van der Waals surface area contributed by atoms with Crippen LogP contribution in [0.1, 0.15) is 23.2 Å². The van der Waals surface area contributed by atoms with E-state index in [1.54, 1.807) is 12.1 Å². The molecule has 1 unspecified atom stereocenters. The zero-order valence-corrected chi connectivity index (χ0v) is 10.9. The fourth-order valence-electron chi connectivity index (χ4n) is 1.61. The van der Waals surface area contributed by atoms with E-state index in [1.165, 1.54) is 20.3 Å². The molecule has 0 radical (unpaired) electrons. The first-order valence-electron chi connectivity index (χ1n) is 5.73. The molecule has 0 aromatic heterocycles. The minimum atomic E-state index is -0.976. The number of ketones is 1. The summed E-state index contributed by atoms with van der Waals surface area (Å²) >= 11 is 0. The van der Waals surface area contributed by atoms with Crippen molar-refractivity contribution in [1.82, 2.24) is 0 Å². The van der Waals surface area contributed by atoms with Crippen LogP contribution >= 0.6 is 0 Å². The highest BCUT2D eigenvalue weighted by molar-refractivity contribution is 6.00. The quantitative estimate of drug-likeness (QED) is 0.717. The number of nitrogens with two attached hydrogens (primary N) is 1. The Morgan fingerprint density at radius 3 is 2.42 bits per heavy atom. The molecule has 0 aliphatic heterocycles. The number of rotatable bonds is 7. The van der Waals surface area contributed by atoms with Gasteiger partial charge in [0, 0.05) is 12.0 Å². The van der Waals surface area contributed by atoms with E-state index in [0.717, 1.165) is 0 Å². The number of Topliss-reactive ketones (excluding diaryl/α,β-unsaturated/α-hetero) is 1. The number of methoxy groups -OCH3 is 2. The van der Waals surface area contributed by atoms with Crippen molar-refractivity contribution in [2.45, 2.75) is 18.9 Å². The van der Waals surface area contributed by atoms with E-state index >= 15 is 0 Å². The summed E-state index contributed by atoms with van der Waals surface area (Å²) in [6.07, 6.45) is -0.0390. The van der Waals surface area contributed by atoms with Crippen molar-refractivity contribution in [2.24, 2.45) is 5.73 Å². The van der Waals surface area contributed by atoms with Gasteiger partial charge < -0.3 is 20.3 Å². The molecule has 0 aliphatic carbocycles. The molecule has 6 heteroatoms. The van der Waals surface area contributed by atoms with Crippen LogP contribution in [0.4, 0.5) is 0 Å². The molecule has 0 amide bonds. The number of carbonyl (C=O) groups excluding carboxylic acids is 1. The lowest BCUT2D eigenvalue weighted by Crippen LogP contribution is -2.31. The smallest absolute Gasteiger partial charge is 0.303 e. The van der Waals surface area contributed by atoms with Gasteiger partial charge in [-0.1, -0.05) is 0 Å². The minimum Gasteiger partial charge on any atom is -0.493 e. The van der Waals surface area contributed by atoms with Crippen LogP contribution in [0.25, 0.3) is 0 Å². The van der Waals surface area contributed by atoms with E-state index in [0.29, 0.717) is 17.1 Å². The van der Waals surface area contributed by atoms with Crippen molar-refractivity contribution in [3.63, 3.8) is 0 Å². The summed E-state index contributed by atoms with van der Waals surface area (Å²) in [7, 11) is 2.97. The third-order valence-corrected chi connectivity index (χ3v) is 2.67. The van der Waals surface area contributed by atoms with Gasteiger partial charge in [-0.15, -0.1) is 0 Å². The molecule has 1 aromatic carbocycles. The van der Waals surface area contributed by atoms with E-state index in [9.17, 15) is 9.59 Å². The number of ether oxygens (including phenoxy) is 2. The highest BCUT2D eigenvalue weighted by Gasteiger charge is 2.18. The fraction of sp³-hybridized carbons (Fsp3) is 0.385. The number of benzene rings is 1. The summed E-state index contributed by atoms with van der Waals surface area (Å²) in [5.41, 5.74) is 6.05. The molecule has 0 fully saturated rings. The van der Waals surface area contributed by atoms with Crippen molar-refractivity contribution in [2.75, 3.05) is 14.2 Å². The molecule has 0 bridgehead atoms. The van der Waals surface area contributed by atoms with E-state index in [2.05, 4.69) is 0 Å². The SMILES string of the molecule is COc1ccc(C(=O)C(N)CCC(=O)O)cc1OC. The third kappa shape index (κ3) is 3.96. The van der Waals surface area contributed by atoms with Gasteiger partial charge in [0.15, 0.2) is 17.3 Å². The van der Waals surface area contributed by atoms with E-state index < -0.39 is 12.0 Å². The van der Waals surface area contributed by atoms with Crippen molar-refractivity contribution in [1.29, 1.82) is 0 Å². The van der Waals surface area contributed by atoms with Crippen LogP contribution < -0.4 is 15.2 Å². The average Bonchev–Trinajstić information content (AvgIpc) is 2.42. The van der Waals surface area contributed by atoms with Crippen LogP contribution in [0.5, 0.6) is 11.5 Å². The zero-order valence-electron chi connectivity index (χ0n) is 10.9. The molecule has 0 aliphatic rings. The predicted octanol–water partition coefficient (Wildman–Crippen LogP) is 1.08. The third-order valence-electron chi connectivity index (χ3n) is 2.67. The lowest BCUT2D eigenvalue weighted by atomic mass is 10.0. The summed E-state index contributed by atoms with van der Waals surface area (Å²) in [6, 6.07) is 3.87. The Bertz CT molecular complexity index is 472. The van der Waals surface area contributed by atoms with Gasteiger partial charge >= 0.3 is 5.97 Å². The van der Waals surface area contributed by atoms with Crippen molar-refractivity contribution < 1.29 is 24.2 Å². The molecule has 1 aromatic rings. The van der Waals surface area contributed by atoms with Gasteiger partial charge in [-0.25, -0.2) is 0 Å².